The van der Waals surface area contributed by atoms with Crippen molar-refractivity contribution in [3.63, 3.8) is 0 Å². The highest BCUT2D eigenvalue weighted by molar-refractivity contribution is 5.99. The van der Waals surface area contributed by atoms with Crippen LogP contribution in [0.5, 0.6) is 5.75 Å². The molecule has 60 heavy (non-hydrogen) atoms. The van der Waals surface area contributed by atoms with E-state index in [-0.39, 0.29) is 0 Å². The maximum absolute atomic E-state index is 10.6. The van der Waals surface area contributed by atoms with Gasteiger partial charge in [-0.05, 0) is 83.0 Å². The molecule has 10 rings (SSSR count). The zero-order chi connectivity index (χ0) is 40.7. The van der Waals surface area contributed by atoms with E-state index >= 15 is 0 Å². The summed E-state index contributed by atoms with van der Waals surface area (Å²) in [5.41, 5.74) is 14.3. The lowest BCUT2D eigenvalue weighted by atomic mass is 9.99. The summed E-state index contributed by atoms with van der Waals surface area (Å²) in [5, 5.41) is 40.9. The summed E-state index contributed by atoms with van der Waals surface area (Å²) in [7, 11) is 0. The van der Waals surface area contributed by atoms with Crippen molar-refractivity contribution in [1.82, 2.24) is 19.9 Å². The fourth-order valence-electron chi connectivity index (χ4n) is 8.23. The number of H-pyrrole nitrogens is 2. The first-order chi connectivity index (χ1) is 29.4. The predicted octanol–water partition coefficient (Wildman–Crippen LogP) is 8.50. The van der Waals surface area contributed by atoms with Crippen molar-refractivity contribution < 1.29 is 29.9 Å². The van der Waals surface area contributed by atoms with Crippen molar-refractivity contribution in [2.75, 3.05) is 6.61 Å². The number of hydrogen-bond donors (Lipinski definition) is 6. The number of aromatic nitrogens is 4. The first-order valence-corrected chi connectivity index (χ1v) is 19.8. The van der Waals surface area contributed by atoms with Gasteiger partial charge in [-0.15, -0.1) is 0 Å². The van der Waals surface area contributed by atoms with Gasteiger partial charge in [0.1, 0.15) is 30.2 Å². The molecule has 10 nitrogen and oxygen atoms in total. The van der Waals surface area contributed by atoms with Crippen LogP contribution in [0, 0.1) is 0 Å². The Balaban J connectivity index is 1.23. The third-order valence-electron chi connectivity index (χ3n) is 11.2. The van der Waals surface area contributed by atoms with Crippen molar-refractivity contribution in [2.45, 2.75) is 30.7 Å². The smallest absolute Gasteiger partial charge is 0.229 e. The van der Waals surface area contributed by atoms with Gasteiger partial charge in [0.2, 0.25) is 6.29 Å². The molecule has 0 aliphatic carbocycles. The zero-order valence-electron chi connectivity index (χ0n) is 32.2. The molecule has 6 N–H and O–H groups in total. The Bertz CT molecular complexity index is 2890. The van der Waals surface area contributed by atoms with E-state index in [0.717, 1.165) is 89.4 Å². The lowest BCUT2D eigenvalue weighted by Gasteiger charge is -2.39. The minimum absolute atomic E-state index is 0.354. The normalized spacial score (nSPS) is 19.7. The summed E-state index contributed by atoms with van der Waals surface area (Å²) in [6, 6.07) is 46.4. The summed E-state index contributed by atoms with van der Waals surface area (Å²) >= 11 is 0. The lowest BCUT2D eigenvalue weighted by Crippen LogP contribution is -2.60. The molecule has 10 heteroatoms. The molecule has 7 aromatic rings. The van der Waals surface area contributed by atoms with Crippen LogP contribution in [0.3, 0.4) is 0 Å². The first-order valence-electron chi connectivity index (χ1n) is 19.8. The molecule has 0 saturated carbocycles. The highest BCUT2D eigenvalue weighted by Crippen LogP contribution is 2.39. The van der Waals surface area contributed by atoms with Gasteiger partial charge in [0.25, 0.3) is 0 Å². The minimum Gasteiger partial charge on any atom is -0.462 e. The van der Waals surface area contributed by atoms with Gasteiger partial charge in [-0.3, -0.25) is 0 Å². The standard InChI is InChI=1S/C50H40N4O6/c55-28-42-47(56)48(57)49(58)50(60-42)59-33-18-16-32(17-19-33)46-40-26-24-38(53-40)44(30-12-6-2-7-13-30)36-22-20-34(51-36)43(29-10-4-1-5-11-29)35-21-23-37(52-35)45(31-14-8-3-9-15-31)39-25-27-41(46)54-39/h1-27,42,47-51,54-58H,28H2/t42?,47-,48+,49?,50+/m1/s1. The van der Waals surface area contributed by atoms with Crippen LogP contribution in [0.15, 0.2) is 140 Å². The predicted molar refractivity (Wildman–Crippen MR) is 235 cm³/mol. The third-order valence-corrected chi connectivity index (χ3v) is 11.2. The monoisotopic (exact) mass is 792 g/mol. The molecule has 0 spiro atoms. The van der Waals surface area contributed by atoms with E-state index in [1.807, 2.05) is 78.9 Å². The Morgan fingerprint density at radius 2 is 0.817 bits per heavy atom. The van der Waals surface area contributed by atoms with Crippen LogP contribution in [0.4, 0.5) is 0 Å². The zero-order valence-corrected chi connectivity index (χ0v) is 32.2. The molecule has 0 amide bonds. The number of aliphatic hydroxyl groups is 4. The van der Waals surface area contributed by atoms with Crippen LogP contribution in [0.1, 0.15) is 22.8 Å². The third kappa shape index (κ3) is 6.82. The van der Waals surface area contributed by atoms with E-state index in [4.69, 9.17) is 19.4 Å². The Morgan fingerprint density at radius 3 is 1.18 bits per heavy atom. The van der Waals surface area contributed by atoms with Gasteiger partial charge in [0, 0.05) is 44.3 Å². The van der Waals surface area contributed by atoms with Crippen LogP contribution in [0.25, 0.3) is 90.9 Å². The molecule has 0 radical (unpaired) electrons. The first kappa shape index (κ1) is 37.4. The van der Waals surface area contributed by atoms with Crippen LogP contribution in [0.2, 0.25) is 0 Å². The fraction of sp³-hybridized carbons (Fsp3) is 0.120. The maximum Gasteiger partial charge on any atom is 0.229 e. The largest absolute Gasteiger partial charge is 0.462 e. The number of benzene rings is 4. The molecule has 8 bridgehead atoms. The molecule has 1 saturated heterocycles. The van der Waals surface area contributed by atoms with Gasteiger partial charge in [-0.1, -0.05) is 103 Å². The molecular weight excluding hydrogens is 753 g/mol. The number of ether oxygens (including phenoxy) is 2. The Labute approximate surface area is 345 Å². The topological polar surface area (TPSA) is 157 Å². The quantitative estimate of drug-likeness (QED) is 0.0939. The number of nitrogens with one attached hydrogen (secondary N) is 2. The molecule has 3 aliphatic heterocycles. The fourth-order valence-corrected chi connectivity index (χ4v) is 8.23. The van der Waals surface area contributed by atoms with Crippen LogP contribution in [-0.4, -0.2) is 77.7 Å². The van der Waals surface area contributed by atoms with Gasteiger partial charge in [-0.25, -0.2) is 9.97 Å². The van der Waals surface area contributed by atoms with Gasteiger partial charge >= 0.3 is 0 Å². The molecular formula is C50H40N4O6. The molecule has 3 aliphatic rings. The van der Waals surface area contributed by atoms with Gasteiger partial charge in [-0.2, -0.15) is 0 Å². The molecule has 5 atom stereocenters. The Kier molecular flexibility index (Phi) is 9.77. The SMILES string of the molecule is OCC1O[C@H](Oc2ccc(-c3c4nc(c(-c5ccccc5)c5ccc([nH]5)c(-c5ccccc5)c5nc(c(-c6ccccc6)c6ccc3[nH]6)C=C5)C=C4)cc2)C(O)[C@@H](O)[C@@H]1O. The minimum atomic E-state index is -1.55. The summed E-state index contributed by atoms with van der Waals surface area (Å²) in [4.78, 5) is 18.2. The van der Waals surface area contributed by atoms with Crippen molar-refractivity contribution in [2.24, 2.45) is 0 Å². The second-order valence-corrected chi connectivity index (χ2v) is 14.9. The number of hydrogen-bond acceptors (Lipinski definition) is 8. The maximum atomic E-state index is 10.6. The van der Waals surface area contributed by atoms with Gasteiger partial charge in [0.15, 0.2) is 0 Å². The molecule has 3 aromatic heterocycles. The van der Waals surface area contributed by atoms with E-state index < -0.39 is 37.3 Å². The average Bonchev–Trinajstić information content (AvgIpc) is 4.14. The highest BCUT2D eigenvalue weighted by Gasteiger charge is 2.44. The lowest BCUT2D eigenvalue weighted by molar-refractivity contribution is -0.277. The molecule has 4 aromatic carbocycles. The number of fused-ring (bicyclic) bond motifs is 8. The summed E-state index contributed by atoms with van der Waals surface area (Å²) in [6.07, 6.45) is 1.26. The van der Waals surface area contributed by atoms with Crippen LogP contribution < -0.4 is 4.74 Å². The van der Waals surface area contributed by atoms with E-state index in [0.29, 0.717) is 5.75 Å². The highest BCUT2D eigenvalue weighted by atomic mass is 16.7. The van der Waals surface area contributed by atoms with E-state index in [9.17, 15) is 20.4 Å². The molecule has 1 fully saturated rings. The molecule has 2 unspecified atom stereocenters. The van der Waals surface area contributed by atoms with E-state index in [2.05, 4.69) is 82.8 Å². The number of rotatable bonds is 7. The number of aromatic amines is 2. The van der Waals surface area contributed by atoms with Crippen molar-refractivity contribution in [1.29, 1.82) is 0 Å². The number of aliphatic hydroxyl groups excluding tert-OH is 4. The van der Waals surface area contributed by atoms with Crippen LogP contribution >= 0.6 is 0 Å². The number of nitrogens with zero attached hydrogens (tertiary/aromatic N) is 2. The van der Waals surface area contributed by atoms with Crippen molar-refractivity contribution in [3.8, 4) is 50.3 Å². The van der Waals surface area contributed by atoms with E-state index in [1.54, 1.807) is 12.1 Å². The van der Waals surface area contributed by atoms with Gasteiger partial charge in [0.05, 0.1) is 29.4 Å². The summed E-state index contributed by atoms with van der Waals surface area (Å²) < 4.78 is 11.6. The van der Waals surface area contributed by atoms with Gasteiger partial charge < -0.3 is 39.9 Å². The van der Waals surface area contributed by atoms with E-state index in [1.165, 1.54) is 0 Å². The van der Waals surface area contributed by atoms with Crippen molar-refractivity contribution in [3.05, 3.63) is 162 Å². The second-order valence-electron chi connectivity index (χ2n) is 14.9. The Hall–Kier alpha value is -6.92. The average molecular weight is 793 g/mol. The van der Waals surface area contributed by atoms with Crippen molar-refractivity contribution >= 4 is 46.4 Å². The second kappa shape index (κ2) is 15.7. The molecule has 296 valence electrons. The summed E-state index contributed by atoms with van der Waals surface area (Å²) in [5.74, 6) is 0.354. The summed E-state index contributed by atoms with van der Waals surface area (Å²) in [6.45, 7) is -0.553. The van der Waals surface area contributed by atoms with Crippen LogP contribution in [-0.2, 0) is 4.74 Å². The molecule has 6 heterocycles. The Morgan fingerprint density at radius 1 is 0.450 bits per heavy atom.